The topological polar surface area (TPSA) is 41.1 Å². The molecule has 0 saturated carbocycles. The molecule has 0 radical (unpaired) electrons. The quantitative estimate of drug-likeness (QED) is 0.827. The number of anilines is 2. The first-order chi connectivity index (χ1) is 9.06. The maximum atomic E-state index is 11.9. The second kappa shape index (κ2) is 5.89. The van der Waals surface area contributed by atoms with Gasteiger partial charge in [-0.2, -0.15) is 0 Å². The van der Waals surface area contributed by atoms with Gasteiger partial charge < -0.3 is 10.6 Å². The van der Waals surface area contributed by atoms with Crippen molar-refractivity contribution in [3.8, 4) is 0 Å². The van der Waals surface area contributed by atoms with Gasteiger partial charge in [-0.3, -0.25) is 0 Å². The third-order valence-electron chi connectivity index (χ3n) is 2.77. The lowest BCUT2D eigenvalue weighted by Gasteiger charge is -2.13. The summed E-state index contributed by atoms with van der Waals surface area (Å²) in [6.07, 6.45) is 0. The van der Waals surface area contributed by atoms with E-state index in [4.69, 9.17) is 0 Å². The SMILES string of the molecule is Cc1cc(Br)cc(C)c1NC(=O)Nc1ccccc1. The Hall–Kier alpha value is -1.81. The van der Waals surface area contributed by atoms with E-state index in [-0.39, 0.29) is 6.03 Å². The molecular weight excluding hydrogens is 304 g/mol. The maximum absolute atomic E-state index is 11.9. The first-order valence-corrected chi connectivity index (χ1v) is 6.75. The zero-order valence-electron chi connectivity index (χ0n) is 10.8. The molecule has 0 aliphatic rings. The molecule has 0 heterocycles. The van der Waals surface area contributed by atoms with Gasteiger partial charge in [-0.25, -0.2) is 4.79 Å². The average Bonchev–Trinajstić information content (AvgIpc) is 2.35. The van der Waals surface area contributed by atoms with Crippen molar-refractivity contribution in [2.75, 3.05) is 10.6 Å². The van der Waals surface area contributed by atoms with Crippen molar-refractivity contribution in [3.05, 3.63) is 58.1 Å². The van der Waals surface area contributed by atoms with Crippen molar-refractivity contribution in [3.63, 3.8) is 0 Å². The molecule has 0 bridgehead atoms. The van der Waals surface area contributed by atoms with Crippen LogP contribution in [0, 0.1) is 13.8 Å². The average molecular weight is 319 g/mol. The molecule has 0 aliphatic carbocycles. The van der Waals surface area contributed by atoms with E-state index in [0.717, 1.165) is 27.0 Å². The van der Waals surface area contributed by atoms with Gasteiger partial charge in [0.05, 0.1) is 0 Å². The van der Waals surface area contributed by atoms with Crippen molar-refractivity contribution in [1.82, 2.24) is 0 Å². The number of amides is 2. The van der Waals surface area contributed by atoms with Crippen LogP contribution in [0.5, 0.6) is 0 Å². The fraction of sp³-hybridized carbons (Fsp3) is 0.133. The van der Waals surface area contributed by atoms with E-state index >= 15 is 0 Å². The third kappa shape index (κ3) is 3.58. The van der Waals surface area contributed by atoms with Crippen LogP contribution in [0.15, 0.2) is 46.9 Å². The van der Waals surface area contributed by atoms with Crippen LogP contribution in [-0.2, 0) is 0 Å². The lowest BCUT2D eigenvalue weighted by Crippen LogP contribution is -2.20. The first-order valence-electron chi connectivity index (χ1n) is 5.96. The summed E-state index contributed by atoms with van der Waals surface area (Å²) in [4.78, 5) is 11.9. The number of carbonyl (C=O) groups excluding carboxylic acids is 1. The van der Waals surface area contributed by atoms with Gasteiger partial charge >= 0.3 is 6.03 Å². The van der Waals surface area contributed by atoms with Crippen LogP contribution in [0.2, 0.25) is 0 Å². The molecule has 0 saturated heterocycles. The van der Waals surface area contributed by atoms with Gasteiger partial charge in [-0.1, -0.05) is 34.1 Å². The lowest BCUT2D eigenvalue weighted by atomic mass is 10.1. The van der Waals surface area contributed by atoms with E-state index in [1.807, 2.05) is 56.3 Å². The van der Waals surface area contributed by atoms with Crippen LogP contribution in [0.25, 0.3) is 0 Å². The van der Waals surface area contributed by atoms with Crippen LogP contribution in [-0.4, -0.2) is 6.03 Å². The summed E-state index contributed by atoms with van der Waals surface area (Å²) in [7, 11) is 0. The summed E-state index contributed by atoms with van der Waals surface area (Å²) >= 11 is 3.44. The molecule has 19 heavy (non-hydrogen) atoms. The van der Waals surface area contributed by atoms with E-state index < -0.39 is 0 Å². The van der Waals surface area contributed by atoms with Gasteiger partial charge in [0.15, 0.2) is 0 Å². The molecule has 0 atom stereocenters. The number of hydrogen-bond acceptors (Lipinski definition) is 1. The highest BCUT2D eigenvalue weighted by atomic mass is 79.9. The third-order valence-corrected chi connectivity index (χ3v) is 3.23. The first kappa shape index (κ1) is 13.6. The highest BCUT2D eigenvalue weighted by Crippen LogP contribution is 2.25. The Labute approximate surface area is 121 Å². The van der Waals surface area contributed by atoms with Crippen LogP contribution in [0.1, 0.15) is 11.1 Å². The Balaban J connectivity index is 2.12. The molecule has 0 unspecified atom stereocenters. The minimum absolute atomic E-state index is 0.236. The Morgan fingerprint density at radius 2 is 1.58 bits per heavy atom. The molecule has 2 aromatic carbocycles. The standard InChI is InChI=1S/C15H15BrN2O/c1-10-8-12(16)9-11(2)14(10)18-15(19)17-13-6-4-3-5-7-13/h3-9H,1-2H3,(H2,17,18,19). The van der Waals surface area contributed by atoms with Gasteiger partial charge in [0, 0.05) is 15.8 Å². The monoisotopic (exact) mass is 318 g/mol. The zero-order chi connectivity index (χ0) is 13.8. The maximum Gasteiger partial charge on any atom is 0.323 e. The van der Waals surface area contributed by atoms with Crippen LogP contribution >= 0.6 is 15.9 Å². The van der Waals surface area contributed by atoms with Crippen LogP contribution < -0.4 is 10.6 Å². The summed E-state index contributed by atoms with van der Waals surface area (Å²) in [5, 5.41) is 5.68. The largest absolute Gasteiger partial charge is 0.323 e. The Bertz CT molecular complexity index is 573. The van der Waals surface area contributed by atoms with Gasteiger partial charge in [-0.05, 0) is 49.2 Å². The van der Waals surface area contributed by atoms with Crippen molar-refractivity contribution < 1.29 is 4.79 Å². The van der Waals surface area contributed by atoms with Gasteiger partial charge in [0.1, 0.15) is 0 Å². The molecule has 98 valence electrons. The van der Waals surface area contributed by atoms with E-state index in [9.17, 15) is 4.79 Å². The predicted octanol–water partition coefficient (Wildman–Crippen LogP) is 4.71. The molecule has 4 heteroatoms. The number of benzene rings is 2. The van der Waals surface area contributed by atoms with E-state index in [2.05, 4.69) is 26.6 Å². The normalized spacial score (nSPS) is 10.1. The Kier molecular flexibility index (Phi) is 4.22. The number of halogens is 1. The molecule has 3 nitrogen and oxygen atoms in total. The summed E-state index contributed by atoms with van der Waals surface area (Å²) in [5.74, 6) is 0. The zero-order valence-corrected chi connectivity index (χ0v) is 12.4. The van der Waals surface area contributed by atoms with Gasteiger partial charge in [0.2, 0.25) is 0 Å². The Morgan fingerprint density at radius 1 is 1.00 bits per heavy atom. The van der Waals surface area contributed by atoms with E-state index in [1.54, 1.807) is 0 Å². The molecule has 0 aliphatic heterocycles. The van der Waals surface area contributed by atoms with E-state index in [0.29, 0.717) is 0 Å². The second-order valence-corrected chi connectivity index (χ2v) is 5.28. The lowest BCUT2D eigenvalue weighted by molar-refractivity contribution is 0.262. The Morgan fingerprint density at radius 3 is 2.16 bits per heavy atom. The number of para-hydroxylation sites is 1. The molecule has 2 rings (SSSR count). The highest BCUT2D eigenvalue weighted by Gasteiger charge is 2.08. The van der Waals surface area contributed by atoms with Gasteiger partial charge in [0.25, 0.3) is 0 Å². The molecule has 2 aromatic rings. The molecular formula is C15H15BrN2O. The van der Waals surface area contributed by atoms with Crippen molar-refractivity contribution in [2.24, 2.45) is 0 Å². The highest BCUT2D eigenvalue weighted by molar-refractivity contribution is 9.10. The van der Waals surface area contributed by atoms with Crippen molar-refractivity contribution in [1.29, 1.82) is 0 Å². The predicted molar refractivity (Wildman–Crippen MR) is 82.7 cm³/mol. The van der Waals surface area contributed by atoms with Crippen LogP contribution in [0.4, 0.5) is 16.2 Å². The summed E-state index contributed by atoms with van der Waals surface area (Å²) in [6.45, 7) is 3.94. The summed E-state index contributed by atoms with van der Waals surface area (Å²) < 4.78 is 1.01. The summed E-state index contributed by atoms with van der Waals surface area (Å²) in [5.41, 5.74) is 3.66. The minimum Gasteiger partial charge on any atom is -0.308 e. The molecule has 2 N–H and O–H groups in total. The number of carbonyl (C=O) groups is 1. The smallest absolute Gasteiger partial charge is 0.308 e. The number of urea groups is 1. The number of aryl methyl sites for hydroxylation is 2. The fourth-order valence-corrected chi connectivity index (χ4v) is 2.59. The molecule has 0 spiro atoms. The number of nitrogens with one attached hydrogen (secondary N) is 2. The second-order valence-electron chi connectivity index (χ2n) is 4.36. The van der Waals surface area contributed by atoms with Gasteiger partial charge in [-0.15, -0.1) is 0 Å². The fourth-order valence-electron chi connectivity index (χ4n) is 1.91. The molecule has 0 aromatic heterocycles. The van der Waals surface area contributed by atoms with E-state index in [1.165, 1.54) is 0 Å². The van der Waals surface area contributed by atoms with Crippen molar-refractivity contribution >= 4 is 33.3 Å². The number of rotatable bonds is 2. The van der Waals surface area contributed by atoms with Crippen LogP contribution in [0.3, 0.4) is 0 Å². The molecule has 2 amide bonds. The molecule has 0 fully saturated rings. The summed E-state index contributed by atoms with van der Waals surface area (Å²) in [6, 6.07) is 13.1. The minimum atomic E-state index is -0.236. The van der Waals surface area contributed by atoms with Crippen molar-refractivity contribution in [2.45, 2.75) is 13.8 Å². The number of hydrogen-bond donors (Lipinski definition) is 2.